The van der Waals surface area contributed by atoms with Crippen LogP contribution in [-0.4, -0.2) is 61.2 Å². The first-order valence-electron chi connectivity index (χ1n) is 11.8. The Hall–Kier alpha value is -3.16. The van der Waals surface area contributed by atoms with Gasteiger partial charge in [0, 0.05) is 4.88 Å². The first kappa shape index (κ1) is 27.9. The lowest BCUT2D eigenvalue weighted by atomic mass is 9.95. The molecule has 10 nitrogen and oxygen atoms in total. The van der Waals surface area contributed by atoms with Gasteiger partial charge in [-0.1, -0.05) is 11.3 Å². The molecular weight excluding hydrogens is 550 g/mol. The van der Waals surface area contributed by atoms with Crippen molar-refractivity contribution >= 4 is 73.4 Å². The Kier molecular flexibility index (Phi) is 9.23. The van der Waals surface area contributed by atoms with E-state index in [9.17, 15) is 19.2 Å². The number of fused-ring (bicyclic) bond motifs is 2. The van der Waals surface area contributed by atoms with Crippen molar-refractivity contribution in [3.63, 3.8) is 0 Å². The predicted molar refractivity (Wildman–Crippen MR) is 147 cm³/mol. The number of carbonyl (C=O) groups excluding carboxylic acids is 4. The van der Waals surface area contributed by atoms with Crippen LogP contribution < -0.4 is 14.9 Å². The summed E-state index contributed by atoms with van der Waals surface area (Å²) in [6.07, 6.45) is 3.72. The molecule has 0 aliphatic heterocycles. The maximum absolute atomic E-state index is 12.6. The zero-order valence-electron chi connectivity index (χ0n) is 21.2. The molecule has 1 N–H and O–H groups in total. The summed E-state index contributed by atoms with van der Waals surface area (Å²) < 4.78 is 17.4. The minimum atomic E-state index is -0.470. The molecule has 13 heteroatoms. The molecule has 3 aromatic rings. The first-order valence-corrected chi connectivity index (χ1v) is 14.6. The molecular formula is C25H27N3O7S3. The van der Waals surface area contributed by atoms with E-state index in [4.69, 9.17) is 14.2 Å². The van der Waals surface area contributed by atoms with Crippen molar-refractivity contribution < 1.29 is 33.4 Å². The van der Waals surface area contributed by atoms with Crippen LogP contribution in [0.2, 0.25) is 0 Å². The van der Waals surface area contributed by atoms with Gasteiger partial charge in [-0.2, -0.15) is 4.99 Å². The lowest BCUT2D eigenvalue weighted by Gasteiger charge is -2.11. The molecule has 0 fully saturated rings. The van der Waals surface area contributed by atoms with E-state index >= 15 is 0 Å². The topological polar surface area (TPSA) is 125 Å². The van der Waals surface area contributed by atoms with E-state index in [0.29, 0.717) is 21.1 Å². The Morgan fingerprint density at radius 3 is 2.58 bits per heavy atom. The number of thiophene rings is 1. The molecule has 1 aliphatic rings. The summed E-state index contributed by atoms with van der Waals surface area (Å²) in [5.41, 5.74) is 2.12. The fourth-order valence-electron chi connectivity index (χ4n) is 4.12. The largest absolute Gasteiger partial charge is 0.497 e. The predicted octanol–water partition coefficient (Wildman–Crippen LogP) is 3.41. The molecule has 0 unspecified atom stereocenters. The average molecular weight is 578 g/mol. The smallest absolute Gasteiger partial charge is 0.341 e. The summed E-state index contributed by atoms with van der Waals surface area (Å²) in [6, 6.07) is 5.36. The number of benzene rings is 1. The van der Waals surface area contributed by atoms with E-state index in [1.807, 2.05) is 0 Å². The maximum Gasteiger partial charge on any atom is 0.341 e. The summed E-state index contributed by atoms with van der Waals surface area (Å²) in [4.78, 5) is 55.3. The second kappa shape index (κ2) is 12.6. The van der Waals surface area contributed by atoms with E-state index in [-0.39, 0.29) is 24.0 Å². The highest BCUT2D eigenvalue weighted by molar-refractivity contribution is 8.00. The van der Waals surface area contributed by atoms with Gasteiger partial charge in [-0.05, 0) is 49.4 Å². The van der Waals surface area contributed by atoms with Gasteiger partial charge in [-0.25, -0.2) is 4.79 Å². The van der Waals surface area contributed by atoms with Crippen LogP contribution in [0.3, 0.4) is 0 Å². The third-order valence-electron chi connectivity index (χ3n) is 5.90. The van der Waals surface area contributed by atoms with E-state index in [2.05, 4.69) is 10.3 Å². The Morgan fingerprint density at radius 2 is 1.84 bits per heavy atom. The monoisotopic (exact) mass is 577 g/mol. The molecule has 0 radical (unpaired) electrons. The number of aromatic nitrogens is 1. The molecule has 4 rings (SSSR count). The number of ether oxygens (including phenoxy) is 3. The Labute approximate surface area is 231 Å². The van der Waals surface area contributed by atoms with E-state index in [0.717, 1.165) is 58.1 Å². The summed E-state index contributed by atoms with van der Waals surface area (Å²) in [5.74, 6) is -1.07. The van der Waals surface area contributed by atoms with Gasteiger partial charge in [0.25, 0.3) is 5.91 Å². The molecule has 0 saturated heterocycles. The number of anilines is 1. The third-order valence-corrected chi connectivity index (χ3v) is 9.06. The number of nitrogens with zero attached hydrogens (tertiary/aromatic N) is 2. The molecule has 1 aliphatic carbocycles. The molecule has 2 heterocycles. The second-order valence-corrected chi connectivity index (χ2v) is 11.4. The number of nitrogens with one attached hydrogen (secondary N) is 1. The van der Waals surface area contributed by atoms with Gasteiger partial charge in [0.2, 0.25) is 5.91 Å². The normalized spacial score (nSPS) is 13.2. The number of thiazole rings is 1. The molecule has 1 aromatic carbocycles. The number of hydrogen-bond acceptors (Lipinski definition) is 10. The fourth-order valence-corrected chi connectivity index (χ4v) is 7.08. The minimum absolute atomic E-state index is 0.0101. The first-order chi connectivity index (χ1) is 18.3. The summed E-state index contributed by atoms with van der Waals surface area (Å²) in [6.45, 7) is -0.0994. The van der Waals surface area contributed by atoms with Gasteiger partial charge in [0.15, 0.2) is 4.80 Å². The van der Waals surface area contributed by atoms with Crippen LogP contribution in [0, 0.1) is 0 Å². The van der Waals surface area contributed by atoms with Gasteiger partial charge in [-0.3, -0.25) is 14.4 Å². The van der Waals surface area contributed by atoms with E-state index < -0.39 is 17.8 Å². The number of hydrogen-bond donors (Lipinski definition) is 1. The number of carbonyl (C=O) groups is 4. The molecule has 38 heavy (non-hydrogen) atoms. The molecule has 0 saturated carbocycles. The van der Waals surface area contributed by atoms with E-state index in [1.165, 1.54) is 36.9 Å². The van der Waals surface area contributed by atoms with E-state index in [1.54, 1.807) is 29.9 Å². The fraction of sp³-hybridized carbons (Fsp3) is 0.400. The van der Waals surface area contributed by atoms with Crippen molar-refractivity contribution in [1.82, 2.24) is 4.57 Å². The van der Waals surface area contributed by atoms with Crippen molar-refractivity contribution in [3.05, 3.63) is 39.0 Å². The lowest BCUT2D eigenvalue weighted by Crippen LogP contribution is -2.23. The van der Waals surface area contributed by atoms with Gasteiger partial charge in [-0.15, -0.1) is 23.1 Å². The Balaban J connectivity index is 1.44. The number of amides is 2. The number of aryl methyl sites for hydroxylation is 1. The maximum atomic E-state index is 12.6. The van der Waals surface area contributed by atoms with Crippen molar-refractivity contribution in [3.8, 4) is 5.75 Å². The average Bonchev–Trinajstić information content (AvgIpc) is 3.44. The zero-order valence-corrected chi connectivity index (χ0v) is 23.6. The van der Waals surface area contributed by atoms with Crippen molar-refractivity contribution in [2.45, 2.75) is 32.2 Å². The van der Waals surface area contributed by atoms with Crippen molar-refractivity contribution in [2.24, 2.45) is 4.99 Å². The molecule has 2 amide bonds. The quantitative estimate of drug-likeness (QED) is 0.384. The summed E-state index contributed by atoms with van der Waals surface area (Å²) in [7, 11) is 4.18. The number of methoxy groups -OCH3 is 3. The highest BCUT2D eigenvalue weighted by Gasteiger charge is 2.27. The van der Waals surface area contributed by atoms with Gasteiger partial charge >= 0.3 is 11.9 Å². The highest BCUT2D eigenvalue weighted by Crippen LogP contribution is 2.38. The molecule has 0 atom stereocenters. The van der Waals surface area contributed by atoms with Crippen LogP contribution in [0.25, 0.3) is 10.2 Å². The van der Waals surface area contributed by atoms with Crippen LogP contribution in [0.1, 0.15) is 33.6 Å². The van der Waals surface area contributed by atoms with Crippen LogP contribution >= 0.6 is 34.4 Å². The summed E-state index contributed by atoms with van der Waals surface area (Å²) >= 11 is 3.78. The standard InChI is InChI=1S/C25H27N3O7S3/c1-33-14-8-9-16-18(10-14)38-25(28(16)11-21(31)34-2)27-20(30)13-36-12-19(29)26-23-22(24(32)35-3)15-6-4-5-7-17(15)37-23/h8-10H,4-7,11-13H2,1-3H3,(H,26,29). The van der Waals surface area contributed by atoms with Crippen LogP contribution in [0.15, 0.2) is 23.2 Å². The molecule has 0 spiro atoms. The van der Waals surface area contributed by atoms with Crippen molar-refractivity contribution in [1.29, 1.82) is 0 Å². The van der Waals surface area contributed by atoms with Crippen LogP contribution in [0.4, 0.5) is 5.00 Å². The Bertz CT molecular complexity index is 1450. The highest BCUT2D eigenvalue weighted by atomic mass is 32.2. The number of esters is 2. The SMILES string of the molecule is COC(=O)Cn1c(=NC(=O)CSCC(=O)Nc2sc3c(c2C(=O)OC)CCCC3)sc2cc(OC)ccc21. The minimum Gasteiger partial charge on any atom is -0.497 e. The number of thioether (sulfide) groups is 1. The van der Waals surface area contributed by atoms with Gasteiger partial charge in [0.1, 0.15) is 17.3 Å². The van der Waals surface area contributed by atoms with Gasteiger partial charge < -0.3 is 24.1 Å². The van der Waals surface area contributed by atoms with Gasteiger partial charge in [0.05, 0.1) is 48.6 Å². The van der Waals surface area contributed by atoms with Crippen LogP contribution in [0.5, 0.6) is 5.75 Å². The van der Waals surface area contributed by atoms with Crippen LogP contribution in [-0.2, 0) is 43.2 Å². The number of rotatable bonds is 9. The molecule has 0 bridgehead atoms. The lowest BCUT2D eigenvalue weighted by molar-refractivity contribution is -0.141. The zero-order chi connectivity index (χ0) is 27.2. The van der Waals surface area contributed by atoms with Crippen molar-refractivity contribution in [2.75, 3.05) is 38.2 Å². The molecule has 2 aromatic heterocycles. The second-order valence-electron chi connectivity index (χ2n) is 8.33. The molecule has 202 valence electrons. The Morgan fingerprint density at radius 1 is 1.05 bits per heavy atom. The summed E-state index contributed by atoms with van der Waals surface area (Å²) in [5, 5.41) is 3.32. The third kappa shape index (κ3) is 6.27.